The topological polar surface area (TPSA) is 70.7 Å². The second kappa shape index (κ2) is 7.82. The number of hydrogen-bond acceptors (Lipinski definition) is 2. The van der Waals surface area contributed by atoms with Crippen LogP contribution in [0.15, 0.2) is 29.3 Å². The van der Waals surface area contributed by atoms with E-state index in [1.807, 2.05) is 6.07 Å². The largest absolute Gasteiger partial charge is 0.370 e. The van der Waals surface area contributed by atoms with Gasteiger partial charge in [0.25, 0.3) is 0 Å². The molecule has 0 spiro atoms. The summed E-state index contributed by atoms with van der Waals surface area (Å²) in [6, 6.07) is 8.34. The fourth-order valence-electron chi connectivity index (χ4n) is 3.02. The molecule has 1 aromatic rings. The highest BCUT2D eigenvalue weighted by molar-refractivity contribution is 5.80. The van der Waals surface area contributed by atoms with Crippen LogP contribution in [0.4, 0.5) is 0 Å². The summed E-state index contributed by atoms with van der Waals surface area (Å²) in [5.74, 6) is 1.02. The molecule has 3 N–H and O–H groups in total. The van der Waals surface area contributed by atoms with Crippen LogP contribution in [0, 0.1) is 12.8 Å². The van der Waals surface area contributed by atoms with Gasteiger partial charge < -0.3 is 16.0 Å². The van der Waals surface area contributed by atoms with Crippen LogP contribution in [0.2, 0.25) is 0 Å². The van der Waals surface area contributed by atoms with Gasteiger partial charge in [0.1, 0.15) is 0 Å². The molecule has 0 bridgehead atoms. The molecule has 2 rings (SSSR count). The van der Waals surface area contributed by atoms with Gasteiger partial charge in [-0.25, -0.2) is 0 Å². The van der Waals surface area contributed by atoms with Gasteiger partial charge >= 0.3 is 0 Å². The number of nitrogens with one attached hydrogen (secondary N) is 1. The van der Waals surface area contributed by atoms with Crippen molar-refractivity contribution in [3.63, 3.8) is 0 Å². The first-order chi connectivity index (χ1) is 10.6. The van der Waals surface area contributed by atoms with Crippen molar-refractivity contribution >= 4 is 11.9 Å². The predicted octanol–water partition coefficient (Wildman–Crippen LogP) is 1.66. The maximum atomic E-state index is 11.1. The first kappa shape index (κ1) is 16.3. The number of aryl methyl sites for hydroxylation is 1. The monoisotopic (exact) mass is 302 g/mol. The molecule has 1 unspecified atom stereocenters. The average Bonchev–Trinajstić information content (AvgIpc) is 2.49. The Balaban J connectivity index is 1.94. The Morgan fingerprint density at radius 3 is 2.91 bits per heavy atom. The summed E-state index contributed by atoms with van der Waals surface area (Å²) in [6.45, 7) is 4.69. The molecule has 0 saturated carbocycles. The minimum atomic E-state index is -0.213. The number of guanidine groups is 1. The van der Waals surface area contributed by atoms with Crippen LogP contribution in [-0.2, 0) is 11.3 Å². The van der Waals surface area contributed by atoms with Gasteiger partial charge in [0.2, 0.25) is 5.91 Å². The molecular formula is C17H26N4O. The zero-order valence-corrected chi connectivity index (χ0v) is 13.5. The van der Waals surface area contributed by atoms with Gasteiger partial charge in [-0.2, -0.15) is 0 Å². The van der Waals surface area contributed by atoms with Crippen LogP contribution in [0.5, 0.6) is 0 Å². The fourth-order valence-corrected chi connectivity index (χ4v) is 3.02. The molecule has 0 aromatic heterocycles. The molecule has 1 saturated heterocycles. The third kappa shape index (κ3) is 4.48. The number of carbonyl (C=O) groups excluding carboxylic acids is 1. The second-order valence-corrected chi connectivity index (χ2v) is 5.95. The third-order valence-electron chi connectivity index (χ3n) is 4.22. The van der Waals surface area contributed by atoms with E-state index in [-0.39, 0.29) is 5.91 Å². The minimum Gasteiger partial charge on any atom is -0.370 e. The molecule has 120 valence electrons. The molecule has 1 heterocycles. The van der Waals surface area contributed by atoms with E-state index in [4.69, 9.17) is 5.73 Å². The highest BCUT2D eigenvalue weighted by Crippen LogP contribution is 2.19. The molecule has 1 atom stereocenters. The summed E-state index contributed by atoms with van der Waals surface area (Å²) in [6.07, 6.45) is 2.60. The second-order valence-electron chi connectivity index (χ2n) is 5.95. The van der Waals surface area contributed by atoms with Crippen LogP contribution in [-0.4, -0.2) is 36.9 Å². The van der Waals surface area contributed by atoms with Gasteiger partial charge in [-0.05, 0) is 36.8 Å². The first-order valence-corrected chi connectivity index (χ1v) is 7.88. The third-order valence-corrected chi connectivity index (χ3v) is 4.22. The van der Waals surface area contributed by atoms with E-state index in [2.05, 4.69) is 40.3 Å². The van der Waals surface area contributed by atoms with Crippen LogP contribution in [0.1, 0.15) is 30.4 Å². The summed E-state index contributed by atoms with van der Waals surface area (Å²) < 4.78 is 0. The average molecular weight is 302 g/mol. The molecule has 1 aliphatic heterocycles. The van der Waals surface area contributed by atoms with Crippen LogP contribution >= 0.6 is 0 Å². The molecule has 0 radical (unpaired) electrons. The smallest absolute Gasteiger partial charge is 0.217 e. The van der Waals surface area contributed by atoms with Gasteiger partial charge in [0, 0.05) is 33.1 Å². The standard InChI is InChI=1S/C17H26N4O/c1-13-6-3-4-8-15(13)11-20-17(19-2)21-9-5-7-14(12-21)10-16(18)22/h3-4,6,8,14H,5,7,9-12H2,1-2H3,(H2,18,22)(H,19,20). The number of nitrogens with zero attached hydrogens (tertiary/aromatic N) is 2. The molecule has 0 aliphatic carbocycles. The Kier molecular flexibility index (Phi) is 5.81. The van der Waals surface area contributed by atoms with Gasteiger partial charge in [-0.1, -0.05) is 24.3 Å². The van der Waals surface area contributed by atoms with Crippen LogP contribution < -0.4 is 11.1 Å². The zero-order valence-electron chi connectivity index (χ0n) is 13.5. The molecule has 5 heteroatoms. The highest BCUT2D eigenvalue weighted by atomic mass is 16.1. The number of piperidine rings is 1. The van der Waals surface area contributed by atoms with Crippen molar-refractivity contribution in [1.82, 2.24) is 10.2 Å². The molecule has 1 fully saturated rings. The number of benzene rings is 1. The number of likely N-dealkylation sites (tertiary alicyclic amines) is 1. The lowest BCUT2D eigenvalue weighted by molar-refractivity contribution is -0.119. The Labute approximate surface area is 132 Å². The first-order valence-electron chi connectivity index (χ1n) is 7.88. The molecule has 22 heavy (non-hydrogen) atoms. The molecular weight excluding hydrogens is 276 g/mol. The number of nitrogens with two attached hydrogens (primary N) is 1. The molecule has 1 aromatic carbocycles. The lowest BCUT2D eigenvalue weighted by atomic mass is 9.95. The van der Waals surface area contributed by atoms with Gasteiger partial charge in [0.05, 0.1) is 0 Å². The van der Waals surface area contributed by atoms with Crippen molar-refractivity contribution in [2.45, 2.75) is 32.7 Å². The fraction of sp³-hybridized carbons (Fsp3) is 0.529. The molecule has 1 amide bonds. The number of primary amides is 1. The van der Waals surface area contributed by atoms with Crippen LogP contribution in [0.3, 0.4) is 0 Å². The number of amides is 1. The number of carbonyl (C=O) groups is 1. The van der Waals surface area contributed by atoms with E-state index >= 15 is 0 Å². The summed E-state index contributed by atoms with van der Waals surface area (Å²) in [5, 5.41) is 3.43. The van der Waals surface area contributed by atoms with Crippen molar-refractivity contribution in [2.75, 3.05) is 20.1 Å². The van der Waals surface area contributed by atoms with E-state index in [1.165, 1.54) is 11.1 Å². The minimum absolute atomic E-state index is 0.213. The summed E-state index contributed by atoms with van der Waals surface area (Å²) >= 11 is 0. The van der Waals surface area contributed by atoms with Crippen molar-refractivity contribution in [3.05, 3.63) is 35.4 Å². The van der Waals surface area contributed by atoms with Crippen LogP contribution in [0.25, 0.3) is 0 Å². The SMILES string of the molecule is CN=C(NCc1ccccc1C)N1CCCC(CC(N)=O)C1. The van der Waals surface area contributed by atoms with Crippen molar-refractivity contribution in [1.29, 1.82) is 0 Å². The van der Waals surface area contributed by atoms with Crippen molar-refractivity contribution in [2.24, 2.45) is 16.6 Å². The summed E-state index contributed by atoms with van der Waals surface area (Å²) in [7, 11) is 1.80. The normalized spacial score (nSPS) is 19.1. The lowest BCUT2D eigenvalue weighted by Crippen LogP contribution is -2.47. The van der Waals surface area contributed by atoms with E-state index in [0.717, 1.165) is 38.4 Å². The lowest BCUT2D eigenvalue weighted by Gasteiger charge is -2.34. The van der Waals surface area contributed by atoms with Gasteiger partial charge in [0.15, 0.2) is 5.96 Å². The molecule has 5 nitrogen and oxygen atoms in total. The van der Waals surface area contributed by atoms with Crippen molar-refractivity contribution < 1.29 is 4.79 Å². The van der Waals surface area contributed by atoms with E-state index in [0.29, 0.717) is 12.3 Å². The number of aliphatic imine (C=N–C) groups is 1. The van der Waals surface area contributed by atoms with E-state index < -0.39 is 0 Å². The van der Waals surface area contributed by atoms with Crippen molar-refractivity contribution in [3.8, 4) is 0 Å². The Morgan fingerprint density at radius 2 is 2.23 bits per heavy atom. The highest BCUT2D eigenvalue weighted by Gasteiger charge is 2.23. The summed E-state index contributed by atoms with van der Waals surface area (Å²) in [4.78, 5) is 17.7. The zero-order chi connectivity index (χ0) is 15.9. The van der Waals surface area contributed by atoms with Gasteiger partial charge in [-0.15, -0.1) is 0 Å². The number of rotatable bonds is 4. The predicted molar refractivity (Wildman–Crippen MR) is 89.5 cm³/mol. The Morgan fingerprint density at radius 1 is 1.45 bits per heavy atom. The van der Waals surface area contributed by atoms with Gasteiger partial charge in [-0.3, -0.25) is 9.79 Å². The quantitative estimate of drug-likeness (QED) is 0.656. The Bertz CT molecular complexity index is 541. The maximum Gasteiger partial charge on any atom is 0.217 e. The molecule has 1 aliphatic rings. The Hall–Kier alpha value is -2.04. The number of hydrogen-bond donors (Lipinski definition) is 2. The van der Waals surface area contributed by atoms with E-state index in [1.54, 1.807) is 7.05 Å². The maximum absolute atomic E-state index is 11.1. The van der Waals surface area contributed by atoms with E-state index in [9.17, 15) is 4.79 Å². The summed E-state index contributed by atoms with van der Waals surface area (Å²) in [5.41, 5.74) is 7.87.